The summed E-state index contributed by atoms with van der Waals surface area (Å²) in [4.78, 5) is 24.7. The minimum absolute atomic E-state index is 0.152. The number of nitrogens with zero attached hydrogens (tertiary/aromatic N) is 2. The van der Waals surface area contributed by atoms with Gasteiger partial charge in [0.25, 0.3) is 5.91 Å². The Kier molecular flexibility index (Phi) is 6.18. The molecular formula is C25H22N4O2. The number of para-hydroxylation sites is 1. The van der Waals surface area contributed by atoms with Gasteiger partial charge in [0.05, 0.1) is 11.4 Å². The molecule has 4 aromatic rings. The van der Waals surface area contributed by atoms with E-state index in [1.165, 1.54) is 0 Å². The van der Waals surface area contributed by atoms with Gasteiger partial charge >= 0.3 is 0 Å². The first-order valence-electron chi connectivity index (χ1n) is 10.0. The highest BCUT2D eigenvalue weighted by atomic mass is 16.2. The predicted octanol–water partition coefficient (Wildman–Crippen LogP) is 4.30. The summed E-state index contributed by atoms with van der Waals surface area (Å²) < 4.78 is 1.71. The molecule has 154 valence electrons. The van der Waals surface area contributed by atoms with Gasteiger partial charge in [0, 0.05) is 30.2 Å². The first-order chi connectivity index (χ1) is 15.2. The largest absolute Gasteiger partial charge is 0.352 e. The van der Waals surface area contributed by atoms with Gasteiger partial charge in [0.2, 0.25) is 5.91 Å². The molecule has 0 atom stereocenters. The van der Waals surface area contributed by atoms with Crippen LogP contribution in [0.1, 0.15) is 16.8 Å². The van der Waals surface area contributed by atoms with Gasteiger partial charge in [-0.3, -0.25) is 9.59 Å². The molecule has 0 fully saturated rings. The van der Waals surface area contributed by atoms with Crippen LogP contribution in [0.5, 0.6) is 0 Å². The van der Waals surface area contributed by atoms with Crippen LogP contribution in [-0.4, -0.2) is 28.1 Å². The van der Waals surface area contributed by atoms with Crippen molar-refractivity contribution in [3.8, 4) is 16.9 Å². The van der Waals surface area contributed by atoms with Gasteiger partial charge in [-0.1, -0.05) is 66.7 Å². The van der Waals surface area contributed by atoms with E-state index in [-0.39, 0.29) is 24.8 Å². The Bertz CT molecular complexity index is 1160. The van der Waals surface area contributed by atoms with E-state index in [2.05, 4.69) is 15.7 Å². The van der Waals surface area contributed by atoms with Crippen molar-refractivity contribution in [2.75, 3.05) is 11.9 Å². The fraction of sp³-hybridized carbons (Fsp3) is 0.0800. The van der Waals surface area contributed by atoms with Crippen molar-refractivity contribution in [1.29, 1.82) is 0 Å². The number of carbonyl (C=O) groups is 2. The molecule has 6 nitrogen and oxygen atoms in total. The molecule has 4 rings (SSSR count). The summed E-state index contributed by atoms with van der Waals surface area (Å²) in [7, 11) is 0. The number of amides is 2. The van der Waals surface area contributed by atoms with E-state index in [1.54, 1.807) is 28.9 Å². The standard InChI is InChI=1S/C25H22N4O2/c30-24(16-17-26-25(31)20-12-6-2-7-13-20)27-23-18-22(19-10-4-1-5-11-19)28-29(23)21-14-8-3-9-15-21/h1-15,18H,16-17H2,(H,26,31)(H,27,30). The van der Waals surface area contributed by atoms with Crippen LogP contribution < -0.4 is 10.6 Å². The maximum absolute atomic E-state index is 12.6. The average Bonchev–Trinajstić information content (AvgIpc) is 3.24. The highest BCUT2D eigenvalue weighted by Crippen LogP contribution is 2.24. The van der Waals surface area contributed by atoms with Gasteiger partial charge in [-0.15, -0.1) is 0 Å². The highest BCUT2D eigenvalue weighted by Gasteiger charge is 2.14. The molecule has 0 aliphatic heterocycles. The Morgan fingerprint density at radius 1 is 0.806 bits per heavy atom. The van der Waals surface area contributed by atoms with E-state index in [0.717, 1.165) is 16.9 Å². The normalized spacial score (nSPS) is 10.5. The summed E-state index contributed by atoms with van der Waals surface area (Å²) in [5.41, 5.74) is 3.13. The summed E-state index contributed by atoms with van der Waals surface area (Å²) in [5, 5.41) is 10.4. The molecule has 3 aromatic carbocycles. The fourth-order valence-electron chi connectivity index (χ4n) is 3.17. The second kappa shape index (κ2) is 9.54. The molecule has 2 amide bonds. The molecule has 6 heteroatoms. The highest BCUT2D eigenvalue weighted by molar-refractivity contribution is 5.95. The van der Waals surface area contributed by atoms with Crippen molar-refractivity contribution < 1.29 is 9.59 Å². The zero-order valence-electron chi connectivity index (χ0n) is 16.9. The Labute approximate surface area is 180 Å². The van der Waals surface area contributed by atoms with Crippen molar-refractivity contribution >= 4 is 17.6 Å². The quantitative estimate of drug-likeness (QED) is 0.477. The molecule has 31 heavy (non-hydrogen) atoms. The topological polar surface area (TPSA) is 76.0 Å². The predicted molar refractivity (Wildman–Crippen MR) is 121 cm³/mol. The van der Waals surface area contributed by atoms with Crippen LogP contribution in [0.25, 0.3) is 16.9 Å². The van der Waals surface area contributed by atoms with Crippen molar-refractivity contribution in [3.05, 3.63) is 103 Å². The number of rotatable bonds is 7. The number of hydrogen-bond donors (Lipinski definition) is 2. The molecular weight excluding hydrogens is 388 g/mol. The minimum atomic E-state index is -0.204. The van der Waals surface area contributed by atoms with E-state index in [9.17, 15) is 9.59 Å². The molecule has 0 radical (unpaired) electrons. The van der Waals surface area contributed by atoms with Crippen LogP contribution in [-0.2, 0) is 4.79 Å². The van der Waals surface area contributed by atoms with E-state index in [1.807, 2.05) is 72.8 Å². The Balaban J connectivity index is 1.46. The van der Waals surface area contributed by atoms with E-state index in [0.29, 0.717) is 11.4 Å². The zero-order chi connectivity index (χ0) is 21.5. The van der Waals surface area contributed by atoms with E-state index in [4.69, 9.17) is 0 Å². The lowest BCUT2D eigenvalue weighted by atomic mass is 10.1. The van der Waals surface area contributed by atoms with Gasteiger partial charge in [-0.2, -0.15) is 5.10 Å². The number of nitrogens with one attached hydrogen (secondary N) is 2. The van der Waals surface area contributed by atoms with Crippen LogP contribution in [0.2, 0.25) is 0 Å². The summed E-state index contributed by atoms with van der Waals surface area (Å²) in [5.74, 6) is 0.170. The first kappa shape index (κ1) is 20.1. The fourth-order valence-corrected chi connectivity index (χ4v) is 3.17. The Morgan fingerprint density at radius 2 is 1.42 bits per heavy atom. The van der Waals surface area contributed by atoms with Crippen LogP contribution in [0.15, 0.2) is 97.1 Å². The lowest BCUT2D eigenvalue weighted by Crippen LogP contribution is -2.27. The smallest absolute Gasteiger partial charge is 0.251 e. The van der Waals surface area contributed by atoms with E-state index < -0.39 is 0 Å². The van der Waals surface area contributed by atoms with Crippen LogP contribution in [0, 0.1) is 0 Å². The Hall–Kier alpha value is -4.19. The van der Waals surface area contributed by atoms with Crippen LogP contribution in [0.4, 0.5) is 5.82 Å². The van der Waals surface area contributed by atoms with Crippen molar-refractivity contribution in [3.63, 3.8) is 0 Å². The van der Waals surface area contributed by atoms with Crippen molar-refractivity contribution in [2.24, 2.45) is 0 Å². The third-order valence-electron chi connectivity index (χ3n) is 4.72. The molecule has 0 bridgehead atoms. The van der Waals surface area contributed by atoms with Gasteiger partial charge in [0.15, 0.2) is 0 Å². The summed E-state index contributed by atoms with van der Waals surface area (Å²) >= 11 is 0. The van der Waals surface area contributed by atoms with Crippen molar-refractivity contribution in [1.82, 2.24) is 15.1 Å². The summed E-state index contributed by atoms with van der Waals surface area (Å²) in [6.45, 7) is 0.241. The maximum atomic E-state index is 12.6. The zero-order valence-corrected chi connectivity index (χ0v) is 16.9. The number of aromatic nitrogens is 2. The molecule has 0 unspecified atom stereocenters. The van der Waals surface area contributed by atoms with Crippen molar-refractivity contribution in [2.45, 2.75) is 6.42 Å². The lowest BCUT2D eigenvalue weighted by Gasteiger charge is -2.09. The molecule has 0 saturated carbocycles. The Morgan fingerprint density at radius 3 is 2.10 bits per heavy atom. The molecule has 0 aliphatic rings. The summed E-state index contributed by atoms with van der Waals surface area (Å²) in [6.07, 6.45) is 0.152. The van der Waals surface area contributed by atoms with Crippen LogP contribution in [0.3, 0.4) is 0 Å². The van der Waals surface area contributed by atoms with E-state index >= 15 is 0 Å². The lowest BCUT2D eigenvalue weighted by molar-refractivity contribution is -0.116. The molecule has 0 spiro atoms. The number of anilines is 1. The molecule has 1 aromatic heterocycles. The van der Waals surface area contributed by atoms with Gasteiger partial charge in [0.1, 0.15) is 5.82 Å². The molecule has 1 heterocycles. The maximum Gasteiger partial charge on any atom is 0.251 e. The number of carbonyl (C=O) groups excluding carboxylic acids is 2. The van der Waals surface area contributed by atoms with Gasteiger partial charge in [-0.25, -0.2) is 4.68 Å². The van der Waals surface area contributed by atoms with Crippen LogP contribution >= 0.6 is 0 Å². The number of benzene rings is 3. The monoisotopic (exact) mass is 410 g/mol. The third-order valence-corrected chi connectivity index (χ3v) is 4.72. The second-order valence-corrected chi connectivity index (χ2v) is 6.95. The average molecular weight is 410 g/mol. The molecule has 2 N–H and O–H groups in total. The first-order valence-corrected chi connectivity index (χ1v) is 10.0. The molecule has 0 saturated heterocycles. The van der Waals surface area contributed by atoms with Gasteiger partial charge < -0.3 is 10.6 Å². The SMILES string of the molecule is O=C(CCNC(=O)c1ccccc1)Nc1cc(-c2ccccc2)nn1-c1ccccc1. The third kappa shape index (κ3) is 5.05. The molecule has 0 aliphatic carbocycles. The number of hydrogen-bond acceptors (Lipinski definition) is 3. The van der Waals surface area contributed by atoms with Gasteiger partial charge in [-0.05, 0) is 24.3 Å². The second-order valence-electron chi connectivity index (χ2n) is 6.95. The summed E-state index contributed by atoms with van der Waals surface area (Å²) in [6, 6.07) is 30.2. The minimum Gasteiger partial charge on any atom is -0.352 e.